The van der Waals surface area contributed by atoms with Crippen molar-refractivity contribution in [3.8, 4) is 11.8 Å². The average molecular weight is 388 g/mol. The highest BCUT2D eigenvalue weighted by atomic mass is 32.2. The third-order valence-corrected chi connectivity index (χ3v) is 4.32. The minimum absolute atomic E-state index is 0.0833. The summed E-state index contributed by atoms with van der Waals surface area (Å²) in [4.78, 5) is 12.3. The number of nitriles is 1. The molecule has 0 aromatic heterocycles. The first-order valence-electron chi connectivity index (χ1n) is 8.32. The van der Waals surface area contributed by atoms with Gasteiger partial charge in [0.2, 0.25) is 0 Å². The van der Waals surface area contributed by atoms with Crippen LogP contribution in [0.25, 0.3) is 0 Å². The maximum Gasteiger partial charge on any atom is 0.417 e. The van der Waals surface area contributed by atoms with Gasteiger partial charge in [-0.15, -0.1) is 0 Å². The predicted molar refractivity (Wildman–Crippen MR) is 96.0 cm³/mol. The van der Waals surface area contributed by atoms with Crippen molar-refractivity contribution >= 4 is 17.7 Å². The van der Waals surface area contributed by atoms with Crippen LogP contribution in [-0.4, -0.2) is 30.1 Å². The summed E-state index contributed by atoms with van der Waals surface area (Å²) in [5, 5.41) is 11.6. The lowest BCUT2D eigenvalue weighted by Gasteiger charge is -2.21. The molecule has 144 valence electrons. The fourth-order valence-corrected chi connectivity index (χ4v) is 2.77. The largest absolute Gasteiger partial charge is 0.481 e. The molecule has 26 heavy (non-hydrogen) atoms. The van der Waals surface area contributed by atoms with Crippen molar-refractivity contribution in [2.45, 2.75) is 39.5 Å². The van der Waals surface area contributed by atoms with Crippen LogP contribution in [0.5, 0.6) is 5.75 Å². The molecule has 0 fully saturated rings. The summed E-state index contributed by atoms with van der Waals surface area (Å²) >= 11 is 1.68. The second-order valence-corrected chi connectivity index (χ2v) is 7.43. The summed E-state index contributed by atoms with van der Waals surface area (Å²) in [5.41, 5.74) is -1.55. The lowest BCUT2D eigenvalue weighted by atomic mass is 10.0. The molecule has 1 rings (SSSR count). The van der Waals surface area contributed by atoms with Gasteiger partial charge < -0.3 is 10.1 Å². The topological polar surface area (TPSA) is 62.1 Å². The van der Waals surface area contributed by atoms with E-state index in [0.29, 0.717) is 13.0 Å². The molecule has 8 heteroatoms. The number of halogens is 3. The smallest absolute Gasteiger partial charge is 0.417 e. The van der Waals surface area contributed by atoms with E-state index in [1.54, 1.807) is 11.8 Å². The lowest BCUT2D eigenvalue weighted by Crippen LogP contribution is -2.40. The third-order valence-electron chi connectivity index (χ3n) is 3.42. The van der Waals surface area contributed by atoms with Crippen LogP contribution in [0.3, 0.4) is 0 Å². The molecule has 0 bridgehead atoms. The number of alkyl halides is 3. The number of carbonyl (C=O) groups is 1. The zero-order valence-corrected chi connectivity index (χ0v) is 15.8. The Labute approximate surface area is 156 Å². The lowest BCUT2D eigenvalue weighted by molar-refractivity contribution is -0.137. The first kappa shape index (κ1) is 22.2. The van der Waals surface area contributed by atoms with Crippen LogP contribution in [0.1, 0.15) is 38.3 Å². The summed E-state index contributed by atoms with van der Waals surface area (Å²) in [5.74, 6) is 1.38. The van der Waals surface area contributed by atoms with Crippen LogP contribution in [0.15, 0.2) is 18.2 Å². The van der Waals surface area contributed by atoms with Crippen LogP contribution in [0.2, 0.25) is 0 Å². The number of nitrogens with zero attached hydrogens (tertiary/aromatic N) is 1. The number of nitrogens with one attached hydrogen (secondary N) is 1. The molecule has 0 radical (unpaired) electrons. The quantitative estimate of drug-likeness (QED) is 0.643. The number of rotatable bonds is 9. The van der Waals surface area contributed by atoms with Gasteiger partial charge in [-0.2, -0.15) is 30.2 Å². The molecule has 0 saturated carbocycles. The first-order chi connectivity index (χ1) is 12.2. The normalized spacial score (nSPS) is 12.5. The van der Waals surface area contributed by atoms with Crippen LogP contribution < -0.4 is 10.1 Å². The van der Waals surface area contributed by atoms with Gasteiger partial charge in [-0.3, -0.25) is 4.79 Å². The standard InChI is InChI=1S/C18H23F3N2O2S/c1-4-26-8-7-23-17(24)16(9-12(2)3)25-14-6-5-13(11-22)15(10-14)18(19,20)21/h5-6,10,12,16H,4,7-9H2,1-3H3,(H,23,24). The molecule has 1 aromatic carbocycles. The Kier molecular flexibility index (Phi) is 8.79. The number of ether oxygens (including phenoxy) is 1. The molecular formula is C18H23F3N2O2S. The Morgan fingerprint density at radius 1 is 1.38 bits per heavy atom. The molecule has 1 N–H and O–H groups in total. The van der Waals surface area contributed by atoms with Crippen molar-refractivity contribution in [3.05, 3.63) is 29.3 Å². The molecule has 0 aliphatic heterocycles. The maximum absolute atomic E-state index is 13.1. The Morgan fingerprint density at radius 3 is 2.62 bits per heavy atom. The Hall–Kier alpha value is -1.88. The van der Waals surface area contributed by atoms with Gasteiger partial charge in [0.25, 0.3) is 5.91 Å². The number of carbonyl (C=O) groups excluding carboxylic acids is 1. The number of amides is 1. The molecule has 0 heterocycles. The molecule has 1 amide bonds. The molecule has 1 unspecified atom stereocenters. The van der Waals surface area contributed by atoms with E-state index in [1.165, 1.54) is 12.1 Å². The van der Waals surface area contributed by atoms with Crippen molar-refractivity contribution < 1.29 is 22.7 Å². The fourth-order valence-electron chi connectivity index (χ4n) is 2.23. The molecule has 1 aromatic rings. The van der Waals surface area contributed by atoms with Gasteiger partial charge in [0.1, 0.15) is 5.75 Å². The van der Waals surface area contributed by atoms with Crippen LogP contribution in [0.4, 0.5) is 13.2 Å². The van der Waals surface area contributed by atoms with E-state index < -0.39 is 23.4 Å². The highest BCUT2D eigenvalue weighted by Gasteiger charge is 2.34. The SMILES string of the molecule is CCSCCNC(=O)C(CC(C)C)Oc1ccc(C#N)c(C(F)(F)F)c1. The average Bonchev–Trinajstić information content (AvgIpc) is 2.56. The summed E-state index contributed by atoms with van der Waals surface area (Å²) in [6.07, 6.45) is -5.19. The summed E-state index contributed by atoms with van der Waals surface area (Å²) in [7, 11) is 0. The summed E-state index contributed by atoms with van der Waals surface area (Å²) in [6, 6.07) is 4.63. The molecule has 4 nitrogen and oxygen atoms in total. The molecular weight excluding hydrogens is 365 g/mol. The fraction of sp³-hybridized carbons (Fsp3) is 0.556. The van der Waals surface area contributed by atoms with E-state index in [9.17, 15) is 18.0 Å². The van der Waals surface area contributed by atoms with E-state index in [2.05, 4.69) is 5.32 Å². The van der Waals surface area contributed by atoms with Gasteiger partial charge in [-0.25, -0.2) is 0 Å². The second kappa shape index (κ2) is 10.3. The molecule has 0 spiro atoms. The first-order valence-corrected chi connectivity index (χ1v) is 9.48. The second-order valence-electron chi connectivity index (χ2n) is 6.04. The number of benzene rings is 1. The van der Waals surface area contributed by atoms with Crippen LogP contribution in [-0.2, 0) is 11.0 Å². The maximum atomic E-state index is 13.1. The minimum Gasteiger partial charge on any atom is -0.481 e. The number of hydrogen-bond acceptors (Lipinski definition) is 4. The van der Waals surface area contributed by atoms with E-state index in [1.807, 2.05) is 20.8 Å². The predicted octanol–water partition coefficient (Wildman–Crippen LogP) is 4.24. The van der Waals surface area contributed by atoms with Gasteiger partial charge >= 0.3 is 6.18 Å². The molecule has 1 atom stereocenters. The molecule has 0 aliphatic carbocycles. The van der Waals surface area contributed by atoms with E-state index >= 15 is 0 Å². The van der Waals surface area contributed by atoms with Crippen molar-refractivity contribution in [3.63, 3.8) is 0 Å². The Morgan fingerprint density at radius 2 is 2.08 bits per heavy atom. The number of thioether (sulfide) groups is 1. The van der Waals surface area contributed by atoms with Crippen LogP contribution >= 0.6 is 11.8 Å². The summed E-state index contributed by atoms with van der Waals surface area (Å²) < 4.78 is 44.8. The Balaban J connectivity index is 2.94. The van der Waals surface area contributed by atoms with E-state index in [0.717, 1.165) is 23.6 Å². The highest BCUT2D eigenvalue weighted by Crippen LogP contribution is 2.34. The third kappa shape index (κ3) is 7.16. The molecule has 0 aliphatic rings. The Bertz CT molecular complexity index is 642. The van der Waals surface area contributed by atoms with Gasteiger partial charge in [-0.1, -0.05) is 20.8 Å². The van der Waals surface area contributed by atoms with Crippen molar-refractivity contribution in [1.82, 2.24) is 5.32 Å². The van der Waals surface area contributed by atoms with Gasteiger partial charge in [-0.05, 0) is 36.3 Å². The van der Waals surface area contributed by atoms with Gasteiger partial charge in [0.15, 0.2) is 6.10 Å². The number of hydrogen-bond donors (Lipinski definition) is 1. The summed E-state index contributed by atoms with van der Waals surface area (Å²) in [6.45, 7) is 6.28. The minimum atomic E-state index is -4.67. The zero-order valence-electron chi connectivity index (χ0n) is 15.0. The van der Waals surface area contributed by atoms with Crippen molar-refractivity contribution in [2.24, 2.45) is 5.92 Å². The van der Waals surface area contributed by atoms with Gasteiger partial charge in [0, 0.05) is 12.3 Å². The monoisotopic (exact) mass is 388 g/mol. The molecule has 0 saturated heterocycles. The van der Waals surface area contributed by atoms with Crippen LogP contribution in [0, 0.1) is 17.2 Å². The van der Waals surface area contributed by atoms with Crippen molar-refractivity contribution in [1.29, 1.82) is 5.26 Å². The van der Waals surface area contributed by atoms with Gasteiger partial charge in [0.05, 0.1) is 17.2 Å². The van der Waals surface area contributed by atoms with E-state index in [-0.39, 0.29) is 17.6 Å². The zero-order chi connectivity index (χ0) is 19.7. The highest BCUT2D eigenvalue weighted by molar-refractivity contribution is 7.99. The van der Waals surface area contributed by atoms with E-state index in [4.69, 9.17) is 10.00 Å². The van der Waals surface area contributed by atoms with Crippen molar-refractivity contribution in [2.75, 3.05) is 18.1 Å².